The summed E-state index contributed by atoms with van der Waals surface area (Å²) in [6.07, 6.45) is 6.52. The lowest BCUT2D eigenvalue weighted by atomic mass is 9.87. The summed E-state index contributed by atoms with van der Waals surface area (Å²) in [5.74, 6) is 1.31. The second kappa shape index (κ2) is 9.87. The maximum atomic E-state index is 13.1. The number of hydrogen-bond acceptors (Lipinski definition) is 3. The third-order valence-corrected chi connectivity index (χ3v) is 7.95. The van der Waals surface area contributed by atoms with Crippen molar-refractivity contribution in [2.45, 2.75) is 62.8 Å². The molecule has 6 heteroatoms. The lowest BCUT2D eigenvalue weighted by Gasteiger charge is -2.46. The Labute approximate surface area is 177 Å². The third-order valence-electron chi connectivity index (χ3n) is 5.94. The highest BCUT2D eigenvalue weighted by atomic mass is 35.5. The van der Waals surface area contributed by atoms with Crippen LogP contribution in [0.1, 0.15) is 44.6 Å². The Morgan fingerprint density at radius 3 is 2.59 bits per heavy atom. The SMILES string of the molecule is CCSC1CCCC(N(C)C(=O)Cc2ccc(Cl)c(Cl)c2)C1N1CCCC1. The second-order valence-corrected chi connectivity index (χ2v) is 9.99. The molecule has 0 spiro atoms. The van der Waals surface area contributed by atoms with E-state index in [0.717, 1.165) is 17.7 Å². The van der Waals surface area contributed by atoms with E-state index in [-0.39, 0.29) is 5.91 Å². The summed E-state index contributed by atoms with van der Waals surface area (Å²) in [6, 6.07) is 6.26. The summed E-state index contributed by atoms with van der Waals surface area (Å²) in [4.78, 5) is 17.7. The quantitative estimate of drug-likeness (QED) is 0.626. The van der Waals surface area contributed by atoms with Gasteiger partial charge >= 0.3 is 0 Å². The van der Waals surface area contributed by atoms with Crippen LogP contribution in [0.3, 0.4) is 0 Å². The van der Waals surface area contributed by atoms with Crippen molar-refractivity contribution in [3.8, 4) is 0 Å². The molecule has 2 aliphatic rings. The van der Waals surface area contributed by atoms with Gasteiger partial charge in [-0.05, 0) is 62.2 Å². The minimum absolute atomic E-state index is 0.171. The molecule has 0 N–H and O–H groups in total. The van der Waals surface area contributed by atoms with Gasteiger partial charge in [-0.15, -0.1) is 0 Å². The molecule has 150 valence electrons. The van der Waals surface area contributed by atoms with Crippen molar-refractivity contribution in [3.05, 3.63) is 33.8 Å². The lowest BCUT2D eigenvalue weighted by Crippen LogP contribution is -2.58. The van der Waals surface area contributed by atoms with Crippen molar-refractivity contribution in [3.63, 3.8) is 0 Å². The van der Waals surface area contributed by atoms with Crippen LogP contribution in [0.2, 0.25) is 10.0 Å². The number of rotatable bonds is 6. The molecule has 0 bridgehead atoms. The van der Waals surface area contributed by atoms with E-state index in [4.69, 9.17) is 23.2 Å². The van der Waals surface area contributed by atoms with Crippen molar-refractivity contribution < 1.29 is 4.79 Å². The maximum Gasteiger partial charge on any atom is 0.227 e. The van der Waals surface area contributed by atoms with Crippen LogP contribution in [0.5, 0.6) is 0 Å². The molecule has 1 amide bonds. The first-order valence-electron chi connectivity index (χ1n) is 10.1. The van der Waals surface area contributed by atoms with Crippen molar-refractivity contribution in [2.24, 2.45) is 0 Å². The zero-order valence-electron chi connectivity index (χ0n) is 16.3. The summed E-state index contributed by atoms with van der Waals surface area (Å²) in [7, 11) is 1.99. The number of nitrogens with zero attached hydrogens (tertiary/aromatic N) is 2. The zero-order valence-corrected chi connectivity index (χ0v) is 18.6. The Kier molecular flexibility index (Phi) is 7.78. The minimum atomic E-state index is 0.171. The summed E-state index contributed by atoms with van der Waals surface area (Å²) < 4.78 is 0. The summed E-state index contributed by atoms with van der Waals surface area (Å²) >= 11 is 14.2. The van der Waals surface area contributed by atoms with Crippen molar-refractivity contribution >= 4 is 40.9 Å². The van der Waals surface area contributed by atoms with Crippen molar-refractivity contribution in [1.82, 2.24) is 9.80 Å². The highest BCUT2D eigenvalue weighted by molar-refractivity contribution is 7.99. The Morgan fingerprint density at radius 2 is 1.93 bits per heavy atom. The number of carbonyl (C=O) groups excluding carboxylic acids is 1. The number of likely N-dealkylation sites (tertiary alicyclic amines) is 1. The molecular formula is C21H30Cl2N2OS. The first-order valence-corrected chi connectivity index (χ1v) is 11.9. The van der Waals surface area contributed by atoms with Gasteiger partial charge in [0.15, 0.2) is 0 Å². The molecule has 1 aliphatic heterocycles. The van der Waals surface area contributed by atoms with Crippen LogP contribution >= 0.6 is 35.0 Å². The molecule has 3 atom stereocenters. The normalized spacial score (nSPS) is 26.3. The van der Waals surface area contributed by atoms with Gasteiger partial charge in [0, 0.05) is 24.4 Å². The molecule has 3 rings (SSSR count). The van der Waals surface area contributed by atoms with Crippen LogP contribution in [-0.2, 0) is 11.2 Å². The summed E-state index contributed by atoms with van der Waals surface area (Å²) in [5.41, 5.74) is 0.925. The number of halogens is 2. The summed E-state index contributed by atoms with van der Waals surface area (Å²) in [5, 5.41) is 1.67. The van der Waals surface area contributed by atoms with Gasteiger partial charge in [0.25, 0.3) is 0 Å². The monoisotopic (exact) mass is 428 g/mol. The van der Waals surface area contributed by atoms with Gasteiger partial charge in [-0.2, -0.15) is 11.8 Å². The number of carbonyl (C=O) groups is 1. The fraction of sp³-hybridized carbons (Fsp3) is 0.667. The largest absolute Gasteiger partial charge is 0.341 e. The van der Waals surface area contributed by atoms with Crippen molar-refractivity contribution in [1.29, 1.82) is 0 Å². The molecule has 1 aromatic carbocycles. The molecule has 0 radical (unpaired) electrons. The zero-order chi connectivity index (χ0) is 19.4. The third kappa shape index (κ3) is 5.14. The number of amides is 1. The smallest absolute Gasteiger partial charge is 0.227 e. The minimum Gasteiger partial charge on any atom is -0.341 e. The van der Waals surface area contributed by atoms with E-state index >= 15 is 0 Å². The van der Waals surface area contributed by atoms with Gasteiger partial charge in [0.2, 0.25) is 5.91 Å². The van der Waals surface area contributed by atoms with Crippen LogP contribution in [0, 0.1) is 0 Å². The first-order chi connectivity index (χ1) is 13.0. The molecule has 0 aromatic heterocycles. The second-order valence-electron chi connectivity index (χ2n) is 7.66. The average molecular weight is 429 g/mol. The van der Waals surface area contributed by atoms with E-state index in [9.17, 15) is 4.79 Å². The fourth-order valence-electron chi connectivity index (χ4n) is 4.59. The van der Waals surface area contributed by atoms with Crippen LogP contribution in [0.25, 0.3) is 0 Å². The molecule has 3 nitrogen and oxygen atoms in total. The predicted molar refractivity (Wildman–Crippen MR) is 117 cm³/mol. The lowest BCUT2D eigenvalue weighted by molar-refractivity contribution is -0.133. The van der Waals surface area contributed by atoms with Gasteiger partial charge < -0.3 is 4.90 Å². The number of thioether (sulfide) groups is 1. The topological polar surface area (TPSA) is 23.6 Å². The standard InChI is InChI=1S/C21H30Cl2N2OS/c1-3-27-19-8-6-7-18(21(19)25-11-4-5-12-25)24(2)20(26)14-15-9-10-16(22)17(23)13-15/h9-10,13,18-19,21H,3-8,11-12,14H2,1-2H3. The van der Waals surface area contributed by atoms with Crippen LogP contribution in [0.15, 0.2) is 18.2 Å². The molecule has 1 heterocycles. The van der Waals surface area contributed by atoms with E-state index in [1.165, 1.54) is 38.8 Å². The van der Waals surface area contributed by atoms with Gasteiger partial charge in [-0.1, -0.05) is 42.6 Å². The molecule has 2 fully saturated rings. The Morgan fingerprint density at radius 1 is 1.19 bits per heavy atom. The highest BCUT2D eigenvalue weighted by Gasteiger charge is 2.41. The molecule has 1 saturated heterocycles. The fourth-order valence-corrected chi connectivity index (χ4v) is 6.22. The van der Waals surface area contributed by atoms with Gasteiger partial charge in [-0.25, -0.2) is 0 Å². The maximum absolute atomic E-state index is 13.1. The average Bonchev–Trinajstić information content (AvgIpc) is 3.18. The first kappa shape index (κ1) is 21.3. The predicted octanol–water partition coefficient (Wildman–Crippen LogP) is 5.13. The van der Waals surface area contributed by atoms with E-state index in [1.807, 2.05) is 24.1 Å². The van der Waals surface area contributed by atoms with Gasteiger partial charge in [0.1, 0.15) is 0 Å². The van der Waals surface area contributed by atoms with Crippen LogP contribution in [0.4, 0.5) is 0 Å². The van der Waals surface area contributed by atoms with E-state index in [0.29, 0.717) is 33.8 Å². The Hall–Kier alpha value is -0.420. The molecule has 1 aliphatic carbocycles. The molecule has 1 saturated carbocycles. The van der Waals surface area contributed by atoms with E-state index in [1.54, 1.807) is 6.07 Å². The van der Waals surface area contributed by atoms with Gasteiger partial charge in [0.05, 0.1) is 16.5 Å². The Balaban J connectivity index is 1.74. The number of benzene rings is 1. The van der Waals surface area contributed by atoms with Crippen molar-refractivity contribution in [2.75, 3.05) is 25.9 Å². The number of likely N-dealkylation sites (N-methyl/N-ethyl adjacent to an activating group) is 1. The molecule has 1 aromatic rings. The Bertz CT molecular complexity index is 649. The molecule has 3 unspecified atom stereocenters. The van der Waals surface area contributed by atoms with E-state index < -0.39 is 0 Å². The van der Waals surface area contributed by atoms with Crippen LogP contribution < -0.4 is 0 Å². The number of hydrogen-bond donors (Lipinski definition) is 0. The van der Waals surface area contributed by atoms with Crippen LogP contribution in [-0.4, -0.2) is 58.9 Å². The highest BCUT2D eigenvalue weighted by Crippen LogP contribution is 2.36. The summed E-state index contributed by atoms with van der Waals surface area (Å²) in [6.45, 7) is 4.60. The molecule has 27 heavy (non-hydrogen) atoms. The van der Waals surface area contributed by atoms with Gasteiger partial charge in [-0.3, -0.25) is 9.69 Å². The molecular weight excluding hydrogens is 399 g/mol. The van der Waals surface area contributed by atoms with E-state index in [2.05, 4.69) is 23.6 Å².